The van der Waals surface area contributed by atoms with Crippen molar-refractivity contribution in [3.05, 3.63) is 65.5 Å². The molecule has 0 atom stereocenters. The number of rotatable bonds is 6. The third-order valence-corrected chi connectivity index (χ3v) is 6.60. The van der Waals surface area contributed by atoms with E-state index in [-0.39, 0.29) is 5.91 Å². The van der Waals surface area contributed by atoms with Gasteiger partial charge >= 0.3 is 0 Å². The number of carbonyl (C=O) groups is 1. The van der Waals surface area contributed by atoms with Crippen LogP contribution in [0.4, 0.5) is 5.69 Å². The lowest BCUT2D eigenvalue weighted by molar-refractivity contribution is 0.100. The predicted octanol–water partition coefficient (Wildman–Crippen LogP) is 4.72. The zero-order valence-electron chi connectivity index (χ0n) is 18.1. The first kappa shape index (κ1) is 20.2. The van der Waals surface area contributed by atoms with Gasteiger partial charge in [-0.05, 0) is 74.1 Å². The Hall–Kier alpha value is -3.72. The number of nitriles is 1. The van der Waals surface area contributed by atoms with Crippen LogP contribution in [0.15, 0.2) is 48.8 Å². The van der Waals surface area contributed by atoms with Gasteiger partial charge in [-0.1, -0.05) is 0 Å². The molecule has 0 spiro atoms. The molecule has 0 bridgehead atoms. The van der Waals surface area contributed by atoms with Crippen LogP contribution in [0, 0.1) is 11.3 Å². The molecule has 162 valence electrons. The Bertz CT molecular complexity index is 1330. The van der Waals surface area contributed by atoms with Gasteiger partial charge in [0.1, 0.15) is 0 Å². The SMILES string of the molecule is N#Cc1ccc2[nH]cc(CCCn3ccc4c(N5CCCCC5)c(C(N)=O)ccc43)c2c1. The Kier molecular flexibility index (Phi) is 5.32. The molecule has 2 aromatic carbocycles. The number of hydrogen-bond acceptors (Lipinski definition) is 3. The van der Waals surface area contributed by atoms with Crippen LogP contribution in [0.3, 0.4) is 0 Å². The number of aromatic nitrogens is 2. The maximum absolute atomic E-state index is 12.1. The second-order valence-corrected chi connectivity index (χ2v) is 8.61. The van der Waals surface area contributed by atoms with Crippen LogP contribution in [0.5, 0.6) is 0 Å². The largest absolute Gasteiger partial charge is 0.370 e. The van der Waals surface area contributed by atoms with Crippen molar-refractivity contribution in [1.82, 2.24) is 9.55 Å². The number of nitrogens with zero attached hydrogens (tertiary/aromatic N) is 3. The number of fused-ring (bicyclic) bond motifs is 2. The van der Waals surface area contributed by atoms with Crippen molar-refractivity contribution in [2.75, 3.05) is 18.0 Å². The standard InChI is InChI=1S/C26H27N5O/c27-16-18-6-8-23-22(15-18)19(17-29-23)5-4-13-30-14-10-20-24(30)9-7-21(26(28)32)25(20)31-11-2-1-3-12-31/h6-10,14-15,17,29H,1-5,11-13H2,(H2,28,32). The number of primary amides is 1. The van der Waals surface area contributed by atoms with Crippen LogP contribution in [0.25, 0.3) is 21.8 Å². The Morgan fingerprint density at radius 1 is 1.09 bits per heavy atom. The Morgan fingerprint density at radius 3 is 2.72 bits per heavy atom. The van der Waals surface area contributed by atoms with Crippen LogP contribution in [0.1, 0.15) is 47.2 Å². The van der Waals surface area contributed by atoms with Crippen molar-refractivity contribution in [1.29, 1.82) is 5.26 Å². The molecule has 1 aliphatic rings. The van der Waals surface area contributed by atoms with Crippen molar-refractivity contribution < 1.29 is 4.79 Å². The fraction of sp³-hybridized carbons (Fsp3) is 0.308. The van der Waals surface area contributed by atoms with Gasteiger partial charge in [-0.25, -0.2) is 0 Å². The van der Waals surface area contributed by atoms with Crippen LogP contribution in [-0.2, 0) is 13.0 Å². The van der Waals surface area contributed by atoms with Gasteiger partial charge < -0.3 is 20.2 Å². The van der Waals surface area contributed by atoms with Gasteiger partial charge in [0.2, 0.25) is 0 Å². The van der Waals surface area contributed by atoms with Crippen LogP contribution >= 0.6 is 0 Å². The van der Waals surface area contributed by atoms with E-state index in [1.54, 1.807) is 0 Å². The monoisotopic (exact) mass is 425 g/mol. The summed E-state index contributed by atoms with van der Waals surface area (Å²) >= 11 is 0. The van der Waals surface area contributed by atoms with E-state index in [0.29, 0.717) is 11.1 Å². The van der Waals surface area contributed by atoms with Crippen molar-refractivity contribution in [2.24, 2.45) is 5.73 Å². The van der Waals surface area contributed by atoms with Gasteiger partial charge in [0.25, 0.3) is 5.91 Å². The molecule has 0 saturated carbocycles. The van der Waals surface area contributed by atoms with Gasteiger partial charge in [-0.15, -0.1) is 0 Å². The molecule has 1 amide bonds. The highest BCUT2D eigenvalue weighted by Crippen LogP contribution is 2.34. The zero-order chi connectivity index (χ0) is 22.1. The molecule has 6 nitrogen and oxygen atoms in total. The number of nitrogens with one attached hydrogen (secondary N) is 1. The number of amides is 1. The number of nitrogens with two attached hydrogens (primary N) is 1. The van der Waals surface area contributed by atoms with Gasteiger partial charge in [-0.3, -0.25) is 4.79 Å². The highest BCUT2D eigenvalue weighted by molar-refractivity contribution is 6.07. The van der Waals surface area contributed by atoms with E-state index in [1.165, 1.54) is 12.0 Å². The Labute approximate surface area is 187 Å². The van der Waals surface area contributed by atoms with E-state index in [2.05, 4.69) is 32.8 Å². The summed E-state index contributed by atoms with van der Waals surface area (Å²) in [4.78, 5) is 17.8. The predicted molar refractivity (Wildman–Crippen MR) is 128 cm³/mol. The summed E-state index contributed by atoms with van der Waals surface area (Å²) in [6, 6.07) is 14.0. The Balaban J connectivity index is 1.40. The molecule has 1 fully saturated rings. The third-order valence-electron chi connectivity index (χ3n) is 6.60. The van der Waals surface area contributed by atoms with Gasteiger partial charge in [-0.2, -0.15) is 5.26 Å². The van der Waals surface area contributed by atoms with Crippen molar-refractivity contribution in [2.45, 2.75) is 38.6 Å². The number of aromatic amines is 1. The summed E-state index contributed by atoms with van der Waals surface area (Å²) in [5, 5.41) is 11.4. The molecule has 0 aliphatic carbocycles. The maximum Gasteiger partial charge on any atom is 0.250 e. The highest BCUT2D eigenvalue weighted by Gasteiger charge is 2.21. The van der Waals surface area contributed by atoms with Crippen molar-refractivity contribution >= 4 is 33.4 Å². The molecule has 1 aliphatic heterocycles. The van der Waals surface area contributed by atoms with Crippen LogP contribution in [0.2, 0.25) is 0 Å². The topological polar surface area (TPSA) is 90.8 Å². The smallest absolute Gasteiger partial charge is 0.250 e. The molecule has 2 aromatic heterocycles. The van der Waals surface area contributed by atoms with Gasteiger partial charge in [0.15, 0.2) is 0 Å². The summed E-state index contributed by atoms with van der Waals surface area (Å²) in [7, 11) is 0. The third kappa shape index (κ3) is 3.60. The molecule has 6 heteroatoms. The number of H-pyrrole nitrogens is 1. The second kappa shape index (κ2) is 8.43. The summed E-state index contributed by atoms with van der Waals surface area (Å²) in [6.45, 7) is 2.81. The molecule has 3 N–H and O–H groups in total. The molecular weight excluding hydrogens is 398 g/mol. The first-order chi connectivity index (χ1) is 15.7. The number of anilines is 1. The second-order valence-electron chi connectivity index (χ2n) is 8.61. The quantitative estimate of drug-likeness (QED) is 0.468. The molecule has 32 heavy (non-hydrogen) atoms. The van der Waals surface area contributed by atoms with E-state index in [4.69, 9.17) is 5.73 Å². The van der Waals surface area contributed by atoms with E-state index in [9.17, 15) is 10.1 Å². The van der Waals surface area contributed by atoms with E-state index >= 15 is 0 Å². The lowest BCUT2D eigenvalue weighted by Crippen LogP contribution is -2.31. The van der Waals surface area contributed by atoms with Gasteiger partial charge in [0.05, 0.1) is 28.4 Å². The average molecular weight is 426 g/mol. The summed E-state index contributed by atoms with van der Waals surface area (Å²) < 4.78 is 2.27. The van der Waals surface area contributed by atoms with E-state index in [0.717, 1.165) is 72.8 Å². The van der Waals surface area contributed by atoms with Crippen molar-refractivity contribution in [3.8, 4) is 6.07 Å². The zero-order valence-corrected chi connectivity index (χ0v) is 18.1. The van der Waals surface area contributed by atoms with E-state index in [1.807, 2.05) is 36.5 Å². The number of carbonyl (C=O) groups excluding carboxylic acids is 1. The molecule has 0 radical (unpaired) electrons. The van der Waals surface area contributed by atoms with E-state index < -0.39 is 0 Å². The molecule has 1 saturated heterocycles. The molecular formula is C26H27N5O. The minimum atomic E-state index is -0.365. The molecule has 5 rings (SSSR count). The lowest BCUT2D eigenvalue weighted by atomic mass is 10.0. The molecule has 4 aromatic rings. The average Bonchev–Trinajstić information content (AvgIpc) is 3.42. The summed E-state index contributed by atoms with van der Waals surface area (Å²) in [5.74, 6) is -0.365. The van der Waals surface area contributed by atoms with Gasteiger partial charge in [0, 0.05) is 48.3 Å². The number of piperidine rings is 1. The first-order valence-corrected chi connectivity index (χ1v) is 11.3. The fourth-order valence-electron chi connectivity index (χ4n) is 5.00. The maximum atomic E-state index is 12.1. The molecule has 3 heterocycles. The Morgan fingerprint density at radius 2 is 1.94 bits per heavy atom. The number of benzene rings is 2. The fourth-order valence-corrected chi connectivity index (χ4v) is 5.00. The van der Waals surface area contributed by atoms with Crippen LogP contribution < -0.4 is 10.6 Å². The number of hydrogen-bond donors (Lipinski definition) is 2. The lowest BCUT2D eigenvalue weighted by Gasteiger charge is -2.30. The summed E-state index contributed by atoms with van der Waals surface area (Å²) in [6.07, 6.45) is 9.60. The number of aryl methyl sites for hydroxylation is 2. The summed E-state index contributed by atoms with van der Waals surface area (Å²) in [5.41, 5.74) is 11.5. The highest BCUT2D eigenvalue weighted by atomic mass is 16.1. The van der Waals surface area contributed by atoms with Crippen molar-refractivity contribution in [3.63, 3.8) is 0 Å². The first-order valence-electron chi connectivity index (χ1n) is 11.3. The minimum Gasteiger partial charge on any atom is -0.370 e. The minimum absolute atomic E-state index is 0.365. The van der Waals surface area contributed by atoms with Crippen LogP contribution in [-0.4, -0.2) is 28.5 Å². The molecule has 0 unspecified atom stereocenters. The normalized spacial score (nSPS) is 14.2.